The summed E-state index contributed by atoms with van der Waals surface area (Å²) in [5.41, 5.74) is 1.89. The van der Waals surface area contributed by atoms with Gasteiger partial charge in [0.05, 0.1) is 16.8 Å². The first-order valence-corrected chi connectivity index (χ1v) is 11.6. The number of hydrogen-bond acceptors (Lipinski definition) is 7. The van der Waals surface area contributed by atoms with Crippen LogP contribution in [0, 0.1) is 6.92 Å². The fourth-order valence-electron chi connectivity index (χ4n) is 3.23. The number of benzene rings is 1. The number of sulfone groups is 1. The number of thioether (sulfide) groups is 1. The van der Waals surface area contributed by atoms with Crippen molar-refractivity contribution in [3.63, 3.8) is 0 Å². The van der Waals surface area contributed by atoms with Gasteiger partial charge in [0, 0.05) is 18.2 Å². The Labute approximate surface area is 163 Å². The molecule has 1 aromatic carbocycles. The monoisotopic (exact) mass is 409 g/mol. The molecule has 0 saturated carbocycles. The van der Waals surface area contributed by atoms with Crippen LogP contribution < -0.4 is 0 Å². The summed E-state index contributed by atoms with van der Waals surface area (Å²) < 4.78 is 29.2. The van der Waals surface area contributed by atoms with Gasteiger partial charge in [-0.05, 0) is 38.8 Å². The van der Waals surface area contributed by atoms with E-state index in [9.17, 15) is 13.2 Å². The minimum atomic E-state index is -3.04. The van der Waals surface area contributed by atoms with Gasteiger partial charge in [0.2, 0.25) is 11.8 Å². The Kier molecular flexibility index (Phi) is 5.90. The largest absolute Gasteiger partial charge is 0.411 e. The molecule has 3 rings (SSSR count). The normalized spacial score (nSPS) is 19.7. The Bertz CT molecular complexity index is 926. The topological polar surface area (TPSA) is 93.4 Å². The van der Waals surface area contributed by atoms with Crippen molar-refractivity contribution in [3.05, 3.63) is 29.8 Å². The molecule has 2 heterocycles. The number of carbonyl (C=O) groups excluding carboxylic acids is 1. The predicted octanol–water partition coefficient (Wildman–Crippen LogP) is 2.56. The number of rotatable bonds is 6. The number of nitrogens with zero attached hydrogens (tertiary/aromatic N) is 3. The van der Waals surface area contributed by atoms with Crippen molar-refractivity contribution in [2.45, 2.75) is 43.7 Å². The van der Waals surface area contributed by atoms with Crippen LogP contribution in [0.2, 0.25) is 0 Å². The van der Waals surface area contributed by atoms with Crippen molar-refractivity contribution in [1.29, 1.82) is 0 Å². The van der Waals surface area contributed by atoms with Gasteiger partial charge >= 0.3 is 0 Å². The first kappa shape index (κ1) is 19.9. The fraction of sp³-hybridized carbons (Fsp3) is 0.500. The van der Waals surface area contributed by atoms with E-state index >= 15 is 0 Å². The summed E-state index contributed by atoms with van der Waals surface area (Å²) in [5, 5.41) is 8.00. The maximum Gasteiger partial charge on any atom is 0.277 e. The van der Waals surface area contributed by atoms with Crippen LogP contribution in [0.1, 0.15) is 25.8 Å². The van der Waals surface area contributed by atoms with Gasteiger partial charge in [-0.2, -0.15) is 0 Å². The highest BCUT2D eigenvalue weighted by molar-refractivity contribution is 8.00. The molecular formula is C18H23N3O4S2. The van der Waals surface area contributed by atoms with Crippen LogP contribution in [0.15, 0.2) is 33.9 Å². The van der Waals surface area contributed by atoms with Gasteiger partial charge in [0.15, 0.2) is 9.84 Å². The molecule has 2 aromatic rings. The molecule has 1 fully saturated rings. The number of aryl methyl sites for hydroxylation is 1. The third kappa shape index (κ3) is 4.52. The molecule has 0 spiro atoms. The van der Waals surface area contributed by atoms with E-state index in [4.69, 9.17) is 4.42 Å². The van der Waals surface area contributed by atoms with Crippen LogP contribution in [0.4, 0.5) is 0 Å². The van der Waals surface area contributed by atoms with Crippen molar-refractivity contribution < 1.29 is 17.6 Å². The van der Waals surface area contributed by atoms with E-state index in [2.05, 4.69) is 10.2 Å². The first-order valence-electron chi connectivity index (χ1n) is 8.88. The van der Waals surface area contributed by atoms with Gasteiger partial charge in [-0.1, -0.05) is 30.0 Å². The summed E-state index contributed by atoms with van der Waals surface area (Å²) in [5.74, 6) is 0.499. The van der Waals surface area contributed by atoms with Crippen LogP contribution in [0.3, 0.4) is 0 Å². The van der Waals surface area contributed by atoms with Crippen molar-refractivity contribution in [2.24, 2.45) is 0 Å². The highest BCUT2D eigenvalue weighted by Crippen LogP contribution is 2.29. The van der Waals surface area contributed by atoms with E-state index in [1.165, 1.54) is 11.8 Å². The zero-order chi connectivity index (χ0) is 19.6. The SMILES string of the molecule is CCN(C(=O)[C@@H](C)Sc1nnc(-c2ccccc2C)o1)[C@@H]1CCS(=O)(=O)C1. The lowest BCUT2D eigenvalue weighted by atomic mass is 10.1. The van der Waals surface area contributed by atoms with Crippen molar-refractivity contribution >= 4 is 27.5 Å². The second-order valence-electron chi connectivity index (χ2n) is 6.63. The van der Waals surface area contributed by atoms with E-state index in [0.717, 1.165) is 11.1 Å². The molecule has 0 radical (unpaired) electrons. The highest BCUT2D eigenvalue weighted by atomic mass is 32.2. The predicted molar refractivity (Wildman–Crippen MR) is 104 cm³/mol. The summed E-state index contributed by atoms with van der Waals surface area (Å²) in [4.78, 5) is 14.5. The summed E-state index contributed by atoms with van der Waals surface area (Å²) in [6.07, 6.45) is 0.497. The molecule has 1 saturated heterocycles. The third-order valence-electron chi connectivity index (χ3n) is 4.68. The molecule has 0 unspecified atom stereocenters. The molecule has 0 aliphatic carbocycles. The second kappa shape index (κ2) is 8.02. The van der Waals surface area contributed by atoms with Crippen molar-refractivity contribution in [3.8, 4) is 11.5 Å². The van der Waals surface area contributed by atoms with Crippen LogP contribution >= 0.6 is 11.8 Å². The third-order valence-corrected chi connectivity index (χ3v) is 7.35. The van der Waals surface area contributed by atoms with Gasteiger partial charge in [-0.15, -0.1) is 10.2 Å². The van der Waals surface area contributed by atoms with Gasteiger partial charge in [0.1, 0.15) is 0 Å². The molecule has 0 bridgehead atoms. The van der Waals surface area contributed by atoms with Gasteiger partial charge in [-0.25, -0.2) is 8.42 Å². The molecule has 7 nitrogen and oxygen atoms in total. The maximum absolute atomic E-state index is 12.8. The average Bonchev–Trinajstić information content (AvgIpc) is 3.22. The summed E-state index contributed by atoms with van der Waals surface area (Å²) in [6, 6.07) is 7.47. The van der Waals surface area contributed by atoms with Gasteiger partial charge in [-0.3, -0.25) is 4.79 Å². The number of amides is 1. The quantitative estimate of drug-likeness (QED) is 0.677. The van der Waals surface area contributed by atoms with E-state index in [1.54, 1.807) is 11.8 Å². The number of aromatic nitrogens is 2. The summed E-state index contributed by atoms with van der Waals surface area (Å²) >= 11 is 1.19. The molecule has 2 atom stereocenters. The molecule has 9 heteroatoms. The molecule has 27 heavy (non-hydrogen) atoms. The first-order chi connectivity index (χ1) is 12.8. The molecule has 1 aliphatic rings. The Morgan fingerprint density at radius 2 is 2.11 bits per heavy atom. The van der Waals surface area contributed by atoms with Gasteiger partial charge in [0.25, 0.3) is 5.22 Å². The Morgan fingerprint density at radius 1 is 1.37 bits per heavy atom. The Morgan fingerprint density at radius 3 is 2.74 bits per heavy atom. The zero-order valence-corrected chi connectivity index (χ0v) is 17.2. The molecule has 1 amide bonds. The lowest BCUT2D eigenvalue weighted by Gasteiger charge is -2.28. The zero-order valence-electron chi connectivity index (χ0n) is 15.6. The van der Waals surface area contributed by atoms with Crippen LogP contribution in [0.5, 0.6) is 0 Å². The maximum atomic E-state index is 12.8. The Hall–Kier alpha value is -1.87. The van der Waals surface area contributed by atoms with Crippen LogP contribution in [-0.4, -0.2) is 58.8 Å². The molecule has 0 N–H and O–H groups in total. The molecular weight excluding hydrogens is 386 g/mol. The van der Waals surface area contributed by atoms with Gasteiger partial charge < -0.3 is 9.32 Å². The van der Waals surface area contributed by atoms with E-state index in [1.807, 2.05) is 38.1 Å². The molecule has 1 aromatic heterocycles. The van der Waals surface area contributed by atoms with Crippen molar-refractivity contribution in [2.75, 3.05) is 18.1 Å². The second-order valence-corrected chi connectivity index (χ2v) is 10.2. The van der Waals surface area contributed by atoms with Crippen LogP contribution in [-0.2, 0) is 14.6 Å². The minimum absolute atomic E-state index is 0.0436. The van der Waals surface area contributed by atoms with E-state index in [0.29, 0.717) is 24.1 Å². The summed E-state index contributed by atoms with van der Waals surface area (Å²) in [6.45, 7) is 6.08. The lowest BCUT2D eigenvalue weighted by Crippen LogP contribution is -2.44. The lowest BCUT2D eigenvalue weighted by molar-refractivity contribution is -0.131. The van der Waals surface area contributed by atoms with E-state index in [-0.39, 0.29) is 23.5 Å². The average molecular weight is 410 g/mol. The molecule has 1 aliphatic heterocycles. The smallest absolute Gasteiger partial charge is 0.277 e. The Balaban J connectivity index is 1.69. The van der Waals surface area contributed by atoms with Crippen molar-refractivity contribution in [1.82, 2.24) is 15.1 Å². The van der Waals surface area contributed by atoms with E-state index < -0.39 is 15.1 Å². The summed E-state index contributed by atoms with van der Waals surface area (Å²) in [7, 11) is -3.04. The van der Waals surface area contributed by atoms with Crippen LogP contribution in [0.25, 0.3) is 11.5 Å². The number of carbonyl (C=O) groups is 1. The minimum Gasteiger partial charge on any atom is -0.411 e. The number of hydrogen-bond donors (Lipinski definition) is 0. The fourth-order valence-corrected chi connectivity index (χ4v) is 5.71. The molecule has 146 valence electrons. The standard InChI is InChI=1S/C18H23N3O4S2/c1-4-21(14-9-10-27(23,24)11-14)17(22)13(3)26-18-20-19-16(25-18)15-8-6-5-7-12(15)2/h5-8,13-14H,4,9-11H2,1-3H3/t13-,14-/m1/s1. The highest BCUT2D eigenvalue weighted by Gasteiger charge is 2.35.